The van der Waals surface area contributed by atoms with Crippen molar-refractivity contribution < 1.29 is 14.3 Å². The van der Waals surface area contributed by atoms with E-state index >= 15 is 0 Å². The van der Waals surface area contributed by atoms with E-state index in [1.165, 1.54) is 0 Å². The van der Waals surface area contributed by atoms with Crippen LogP contribution in [-0.4, -0.2) is 18.1 Å². The SMILES string of the molecule is CCCCCC(C)NC(=O)OC(=C=O)c1ccccc1. The number of amides is 1. The second-order valence-corrected chi connectivity index (χ2v) is 4.73. The Kier molecular flexibility index (Phi) is 7.15. The van der Waals surface area contributed by atoms with E-state index in [2.05, 4.69) is 12.2 Å². The Bertz CT molecular complexity index is 464. The quantitative estimate of drug-likeness (QED) is 0.470. The minimum Gasteiger partial charge on any atom is -0.398 e. The number of hydrogen-bond donors (Lipinski definition) is 1. The van der Waals surface area contributed by atoms with Crippen LogP contribution >= 0.6 is 0 Å². The predicted octanol–water partition coefficient (Wildman–Crippen LogP) is 3.55. The summed E-state index contributed by atoms with van der Waals surface area (Å²) in [4.78, 5) is 22.6. The standard InChI is InChI=1S/C16H21NO3/c1-3-4-6-9-13(2)17-16(19)20-15(12-18)14-10-7-5-8-11-14/h5,7-8,10-11,13H,3-4,6,9H2,1-2H3,(H,17,19). The van der Waals surface area contributed by atoms with Crippen molar-refractivity contribution in [3.05, 3.63) is 35.9 Å². The number of benzene rings is 1. The van der Waals surface area contributed by atoms with Gasteiger partial charge in [0.25, 0.3) is 0 Å². The zero-order valence-corrected chi connectivity index (χ0v) is 12.0. The summed E-state index contributed by atoms with van der Waals surface area (Å²) >= 11 is 0. The summed E-state index contributed by atoms with van der Waals surface area (Å²) in [5.41, 5.74) is 0.538. The number of ether oxygens (including phenoxy) is 1. The van der Waals surface area contributed by atoms with E-state index in [1.807, 2.05) is 13.0 Å². The lowest BCUT2D eigenvalue weighted by atomic mass is 10.1. The smallest absolute Gasteiger partial charge is 0.398 e. The van der Waals surface area contributed by atoms with E-state index in [1.54, 1.807) is 30.2 Å². The molecule has 1 unspecified atom stereocenters. The van der Waals surface area contributed by atoms with Crippen molar-refractivity contribution in [1.29, 1.82) is 0 Å². The van der Waals surface area contributed by atoms with Gasteiger partial charge >= 0.3 is 6.09 Å². The first-order valence-electron chi connectivity index (χ1n) is 6.96. The van der Waals surface area contributed by atoms with Crippen LogP contribution in [0.3, 0.4) is 0 Å². The van der Waals surface area contributed by atoms with Gasteiger partial charge in [0.05, 0.1) is 0 Å². The fourth-order valence-electron chi connectivity index (χ4n) is 1.82. The summed E-state index contributed by atoms with van der Waals surface area (Å²) < 4.78 is 5.01. The van der Waals surface area contributed by atoms with Gasteiger partial charge in [-0.05, 0) is 13.3 Å². The van der Waals surface area contributed by atoms with Gasteiger partial charge in [-0.15, -0.1) is 0 Å². The molecule has 1 aromatic rings. The summed E-state index contributed by atoms with van der Waals surface area (Å²) in [5.74, 6) is 1.56. The van der Waals surface area contributed by atoms with Gasteiger partial charge in [0.1, 0.15) is 0 Å². The molecule has 0 fully saturated rings. The molecule has 0 spiro atoms. The van der Waals surface area contributed by atoms with Crippen LogP contribution in [-0.2, 0) is 9.53 Å². The third-order valence-electron chi connectivity index (χ3n) is 2.93. The molecule has 4 nitrogen and oxygen atoms in total. The minimum absolute atomic E-state index is 0.0257. The second-order valence-electron chi connectivity index (χ2n) is 4.73. The zero-order chi connectivity index (χ0) is 14.8. The molecular formula is C16H21NO3. The number of carbonyl (C=O) groups excluding carboxylic acids is 2. The Hall–Kier alpha value is -2.06. The van der Waals surface area contributed by atoms with Crippen LogP contribution in [0.2, 0.25) is 0 Å². The van der Waals surface area contributed by atoms with Crippen molar-refractivity contribution >= 4 is 17.8 Å². The van der Waals surface area contributed by atoms with Crippen molar-refractivity contribution in [2.24, 2.45) is 0 Å². The lowest BCUT2D eigenvalue weighted by molar-refractivity contribution is 0.187. The first-order valence-corrected chi connectivity index (χ1v) is 6.96. The van der Waals surface area contributed by atoms with Crippen LogP contribution in [0.4, 0.5) is 4.79 Å². The Morgan fingerprint density at radius 3 is 2.60 bits per heavy atom. The molecule has 1 amide bonds. The normalized spacial score (nSPS) is 11.3. The molecule has 0 saturated carbocycles. The van der Waals surface area contributed by atoms with Gasteiger partial charge in [-0.1, -0.05) is 56.5 Å². The van der Waals surface area contributed by atoms with Crippen LogP contribution in [0.5, 0.6) is 0 Å². The van der Waals surface area contributed by atoms with Crippen LogP contribution in [0.1, 0.15) is 45.1 Å². The predicted molar refractivity (Wildman–Crippen MR) is 78.8 cm³/mol. The van der Waals surface area contributed by atoms with Gasteiger partial charge in [0, 0.05) is 11.6 Å². The molecule has 1 atom stereocenters. The van der Waals surface area contributed by atoms with E-state index in [0.717, 1.165) is 25.7 Å². The number of rotatable bonds is 7. The Labute approximate surface area is 119 Å². The highest BCUT2D eigenvalue weighted by atomic mass is 16.6. The first kappa shape index (κ1) is 16.0. The van der Waals surface area contributed by atoms with Crippen LogP contribution in [0.25, 0.3) is 5.76 Å². The highest BCUT2D eigenvalue weighted by Crippen LogP contribution is 2.12. The van der Waals surface area contributed by atoms with Gasteiger partial charge < -0.3 is 10.1 Å². The van der Waals surface area contributed by atoms with Crippen LogP contribution in [0.15, 0.2) is 30.3 Å². The van der Waals surface area contributed by atoms with Crippen LogP contribution < -0.4 is 5.32 Å². The summed E-state index contributed by atoms with van der Waals surface area (Å²) in [6, 6.07) is 8.76. The van der Waals surface area contributed by atoms with Crippen molar-refractivity contribution in [3.63, 3.8) is 0 Å². The summed E-state index contributed by atoms with van der Waals surface area (Å²) in [7, 11) is 0. The molecule has 20 heavy (non-hydrogen) atoms. The minimum atomic E-state index is -0.615. The van der Waals surface area contributed by atoms with Gasteiger partial charge in [-0.3, -0.25) is 0 Å². The average molecular weight is 275 g/mol. The summed E-state index contributed by atoms with van der Waals surface area (Å²) in [6.07, 6.45) is 3.63. The number of hydrogen-bond acceptors (Lipinski definition) is 3. The highest BCUT2D eigenvalue weighted by molar-refractivity contribution is 5.89. The lowest BCUT2D eigenvalue weighted by Gasteiger charge is -2.13. The van der Waals surface area contributed by atoms with E-state index in [4.69, 9.17) is 4.74 Å². The molecular weight excluding hydrogens is 254 g/mol. The third-order valence-corrected chi connectivity index (χ3v) is 2.93. The summed E-state index contributed by atoms with van der Waals surface area (Å²) in [5, 5.41) is 2.71. The maximum absolute atomic E-state index is 11.7. The fourth-order valence-corrected chi connectivity index (χ4v) is 1.82. The molecule has 1 aromatic carbocycles. The molecule has 1 N–H and O–H groups in total. The first-order chi connectivity index (χ1) is 9.67. The fraction of sp³-hybridized carbons (Fsp3) is 0.438. The monoisotopic (exact) mass is 275 g/mol. The Balaban J connectivity index is 2.47. The summed E-state index contributed by atoms with van der Waals surface area (Å²) in [6.45, 7) is 4.05. The molecule has 0 heterocycles. The molecule has 0 radical (unpaired) electrons. The topological polar surface area (TPSA) is 55.4 Å². The van der Waals surface area contributed by atoms with E-state index in [-0.39, 0.29) is 11.8 Å². The second kappa shape index (κ2) is 8.94. The maximum atomic E-state index is 11.7. The molecule has 0 saturated heterocycles. The molecule has 0 aromatic heterocycles. The van der Waals surface area contributed by atoms with E-state index in [9.17, 15) is 9.59 Å². The average Bonchev–Trinajstić information content (AvgIpc) is 2.46. The Morgan fingerprint density at radius 1 is 1.30 bits per heavy atom. The Morgan fingerprint density at radius 2 is 2.00 bits per heavy atom. The van der Waals surface area contributed by atoms with Gasteiger partial charge in [-0.25, -0.2) is 9.59 Å². The molecule has 0 aliphatic rings. The molecule has 1 rings (SSSR count). The largest absolute Gasteiger partial charge is 0.413 e. The van der Waals surface area contributed by atoms with Crippen molar-refractivity contribution in [1.82, 2.24) is 5.32 Å². The van der Waals surface area contributed by atoms with Crippen molar-refractivity contribution in [2.75, 3.05) is 0 Å². The van der Waals surface area contributed by atoms with Gasteiger partial charge in [-0.2, -0.15) is 0 Å². The van der Waals surface area contributed by atoms with Crippen molar-refractivity contribution in [3.8, 4) is 0 Å². The molecule has 0 bridgehead atoms. The molecule has 108 valence electrons. The van der Waals surface area contributed by atoms with Gasteiger partial charge in [0.15, 0.2) is 5.94 Å². The highest BCUT2D eigenvalue weighted by Gasteiger charge is 2.12. The molecule has 0 aliphatic carbocycles. The zero-order valence-electron chi connectivity index (χ0n) is 12.0. The maximum Gasteiger partial charge on any atom is 0.413 e. The molecule has 4 heteroatoms. The number of unbranched alkanes of at least 4 members (excludes halogenated alkanes) is 2. The number of alkyl carbamates (subject to hydrolysis) is 1. The van der Waals surface area contributed by atoms with E-state index < -0.39 is 6.09 Å². The lowest BCUT2D eigenvalue weighted by Crippen LogP contribution is -2.32. The van der Waals surface area contributed by atoms with Gasteiger partial charge in [0.2, 0.25) is 5.76 Å². The van der Waals surface area contributed by atoms with Crippen LogP contribution in [0, 0.1) is 0 Å². The third kappa shape index (κ3) is 5.72. The molecule has 0 aliphatic heterocycles. The van der Waals surface area contributed by atoms with E-state index in [0.29, 0.717) is 5.56 Å². The number of carbonyl (C=O) groups is 1. The number of nitrogens with one attached hydrogen (secondary N) is 1. The van der Waals surface area contributed by atoms with Crippen molar-refractivity contribution in [2.45, 2.75) is 45.6 Å².